The van der Waals surface area contributed by atoms with Crippen molar-refractivity contribution in [1.29, 1.82) is 0 Å². The highest BCUT2D eigenvalue weighted by Crippen LogP contribution is 2.33. The van der Waals surface area contributed by atoms with Gasteiger partial charge in [-0.2, -0.15) is 5.10 Å². The molecule has 4 rings (SSSR count). The van der Waals surface area contributed by atoms with Crippen molar-refractivity contribution in [3.63, 3.8) is 0 Å². The Morgan fingerprint density at radius 2 is 2.33 bits per heavy atom. The molecule has 0 saturated carbocycles. The van der Waals surface area contributed by atoms with Crippen molar-refractivity contribution < 1.29 is 9.90 Å². The number of carboxylic acid groups (broad SMARTS) is 1. The van der Waals surface area contributed by atoms with Gasteiger partial charge in [0.1, 0.15) is 11.2 Å². The number of nitrogens with zero attached hydrogens (tertiary/aromatic N) is 4. The minimum atomic E-state index is -0.739. The van der Waals surface area contributed by atoms with Crippen LogP contribution in [0.4, 0.5) is 5.69 Å². The maximum absolute atomic E-state index is 11.1. The molecule has 106 valence electrons. The van der Waals surface area contributed by atoms with E-state index in [1.807, 2.05) is 12.3 Å². The Kier molecular flexibility index (Phi) is 2.53. The van der Waals surface area contributed by atoms with E-state index < -0.39 is 5.97 Å². The molecule has 0 radical (unpaired) electrons. The fourth-order valence-corrected chi connectivity index (χ4v) is 2.97. The number of anilines is 1. The van der Waals surface area contributed by atoms with Crippen LogP contribution in [0, 0.1) is 5.92 Å². The Morgan fingerprint density at radius 1 is 1.43 bits per heavy atom. The van der Waals surface area contributed by atoms with Gasteiger partial charge in [-0.25, -0.2) is 4.98 Å². The van der Waals surface area contributed by atoms with Crippen LogP contribution in [0.15, 0.2) is 24.7 Å². The van der Waals surface area contributed by atoms with Gasteiger partial charge in [-0.3, -0.25) is 4.79 Å². The molecule has 0 spiro atoms. The van der Waals surface area contributed by atoms with Gasteiger partial charge in [-0.05, 0) is 12.5 Å². The molecular formula is C14H13N5O2. The van der Waals surface area contributed by atoms with E-state index in [4.69, 9.17) is 5.11 Å². The average Bonchev–Trinajstić information content (AvgIpc) is 3.15. The molecule has 3 aromatic heterocycles. The molecule has 3 aromatic rings. The number of carboxylic acids is 1. The van der Waals surface area contributed by atoms with Gasteiger partial charge in [-0.15, -0.1) is 5.10 Å². The standard InChI is InChI=1S/C14H13N5O2/c20-14(21)8-2-4-19(7-8)11-6-17-18-10-5-16-13-9(12(10)11)1-3-15-13/h1,3,5-6,8H,2,4,7H2,(H,15,16)(H,20,21). The molecule has 21 heavy (non-hydrogen) atoms. The number of nitrogens with one attached hydrogen (secondary N) is 1. The van der Waals surface area contributed by atoms with Crippen LogP contribution in [0.3, 0.4) is 0 Å². The first-order chi connectivity index (χ1) is 10.2. The number of rotatable bonds is 2. The van der Waals surface area contributed by atoms with Crippen LogP contribution in [-0.4, -0.2) is 44.3 Å². The summed E-state index contributed by atoms with van der Waals surface area (Å²) in [6.45, 7) is 1.22. The number of aromatic nitrogens is 4. The highest BCUT2D eigenvalue weighted by molar-refractivity contribution is 6.09. The number of carbonyl (C=O) groups is 1. The van der Waals surface area contributed by atoms with Gasteiger partial charge in [0.25, 0.3) is 0 Å². The van der Waals surface area contributed by atoms with Crippen molar-refractivity contribution in [3.8, 4) is 0 Å². The molecule has 1 saturated heterocycles. The van der Waals surface area contributed by atoms with E-state index in [1.165, 1.54) is 0 Å². The van der Waals surface area contributed by atoms with Gasteiger partial charge in [-0.1, -0.05) is 0 Å². The zero-order chi connectivity index (χ0) is 14.4. The lowest BCUT2D eigenvalue weighted by Crippen LogP contribution is -2.23. The summed E-state index contributed by atoms with van der Waals surface area (Å²) in [5, 5.41) is 19.3. The summed E-state index contributed by atoms with van der Waals surface area (Å²) < 4.78 is 0. The summed E-state index contributed by atoms with van der Waals surface area (Å²) in [6.07, 6.45) is 5.89. The molecule has 0 bridgehead atoms. The second-order valence-electron chi connectivity index (χ2n) is 5.26. The van der Waals surface area contributed by atoms with E-state index in [0.29, 0.717) is 19.5 Å². The van der Waals surface area contributed by atoms with Crippen molar-refractivity contribution in [2.45, 2.75) is 6.42 Å². The third kappa shape index (κ3) is 1.81. The van der Waals surface area contributed by atoms with Crippen LogP contribution >= 0.6 is 0 Å². The molecular weight excluding hydrogens is 270 g/mol. The number of hydrogen-bond acceptors (Lipinski definition) is 5. The molecule has 0 amide bonds. The minimum absolute atomic E-state index is 0.322. The molecule has 1 fully saturated rings. The van der Waals surface area contributed by atoms with Crippen molar-refractivity contribution in [2.24, 2.45) is 5.92 Å². The summed E-state index contributed by atoms with van der Waals surface area (Å²) in [4.78, 5) is 20.6. The highest BCUT2D eigenvalue weighted by Gasteiger charge is 2.29. The summed E-state index contributed by atoms with van der Waals surface area (Å²) in [5.74, 6) is -1.06. The Morgan fingerprint density at radius 3 is 3.14 bits per heavy atom. The van der Waals surface area contributed by atoms with E-state index >= 15 is 0 Å². The third-order valence-corrected chi connectivity index (χ3v) is 4.05. The first-order valence-electron chi connectivity index (χ1n) is 6.79. The van der Waals surface area contributed by atoms with Gasteiger partial charge in [0.05, 0.1) is 24.0 Å². The second-order valence-corrected chi connectivity index (χ2v) is 5.26. The third-order valence-electron chi connectivity index (χ3n) is 4.05. The molecule has 0 aromatic carbocycles. The van der Waals surface area contributed by atoms with Crippen LogP contribution in [0.1, 0.15) is 6.42 Å². The molecule has 2 N–H and O–H groups in total. The Labute approximate surface area is 119 Å². The predicted molar refractivity (Wildman–Crippen MR) is 77.1 cm³/mol. The number of hydrogen-bond donors (Lipinski definition) is 2. The average molecular weight is 283 g/mol. The van der Waals surface area contributed by atoms with Crippen LogP contribution in [-0.2, 0) is 4.79 Å². The summed E-state index contributed by atoms with van der Waals surface area (Å²) in [5.41, 5.74) is 2.44. The quantitative estimate of drug-likeness (QED) is 0.738. The van der Waals surface area contributed by atoms with Crippen molar-refractivity contribution in [2.75, 3.05) is 18.0 Å². The first kappa shape index (κ1) is 12.1. The number of pyridine rings is 1. The Hall–Kier alpha value is -2.70. The zero-order valence-corrected chi connectivity index (χ0v) is 11.2. The van der Waals surface area contributed by atoms with E-state index in [0.717, 1.165) is 27.6 Å². The SMILES string of the molecule is O=C(O)C1CCN(c2cnnc3cnc4[nH]ccc4c23)C1. The lowest BCUT2D eigenvalue weighted by atomic mass is 10.1. The summed E-state index contributed by atoms with van der Waals surface area (Å²) >= 11 is 0. The van der Waals surface area contributed by atoms with Gasteiger partial charge in [0.15, 0.2) is 0 Å². The van der Waals surface area contributed by atoms with Crippen LogP contribution in [0.5, 0.6) is 0 Å². The molecule has 4 heterocycles. The van der Waals surface area contributed by atoms with Gasteiger partial charge >= 0.3 is 5.97 Å². The lowest BCUT2D eigenvalue weighted by Gasteiger charge is -2.19. The van der Waals surface area contributed by atoms with Gasteiger partial charge < -0.3 is 15.0 Å². The van der Waals surface area contributed by atoms with E-state index in [-0.39, 0.29) is 5.92 Å². The zero-order valence-electron chi connectivity index (χ0n) is 11.2. The summed E-state index contributed by atoms with van der Waals surface area (Å²) in [7, 11) is 0. The number of aromatic amines is 1. The Balaban J connectivity index is 1.89. The molecule has 7 heteroatoms. The smallest absolute Gasteiger partial charge is 0.308 e. The van der Waals surface area contributed by atoms with Gasteiger partial charge in [0, 0.05) is 30.1 Å². The van der Waals surface area contributed by atoms with Crippen LogP contribution in [0.2, 0.25) is 0 Å². The molecule has 1 unspecified atom stereocenters. The highest BCUT2D eigenvalue weighted by atomic mass is 16.4. The normalized spacial score (nSPS) is 18.7. The number of fused-ring (bicyclic) bond motifs is 3. The monoisotopic (exact) mass is 283 g/mol. The van der Waals surface area contributed by atoms with E-state index in [9.17, 15) is 4.79 Å². The maximum atomic E-state index is 11.1. The molecule has 1 aliphatic heterocycles. The largest absolute Gasteiger partial charge is 0.481 e. The van der Waals surface area contributed by atoms with Crippen molar-refractivity contribution in [3.05, 3.63) is 24.7 Å². The van der Waals surface area contributed by atoms with Gasteiger partial charge in [0.2, 0.25) is 0 Å². The van der Waals surface area contributed by atoms with Crippen LogP contribution in [0.25, 0.3) is 21.9 Å². The van der Waals surface area contributed by atoms with Crippen LogP contribution < -0.4 is 4.90 Å². The molecule has 0 aliphatic carbocycles. The number of H-pyrrole nitrogens is 1. The van der Waals surface area contributed by atoms with E-state index in [1.54, 1.807) is 12.4 Å². The minimum Gasteiger partial charge on any atom is -0.481 e. The first-order valence-corrected chi connectivity index (χ1v) is 6.79. The van der Waals surface area contributed by atoms with E-state index in [2.05, 4.69) is 25.1 Å². The number of aliphatic carboxylic acids is 1. The van der Waals surface area contributed by atoms with Crippen molar-refractivity contribution in [1.82, 2.24) is 20.2 Å². The summed E-state index contributed by atoms with van der Waals surface area (Å²) in [6, 6.07) is 1.96. The van der Waals surface area contributed by atoms with Crippen molar-refractivity contribution >= 4 is 33.6 Å². The molecule has 7 nitrogen and oxygen atoms in total. The molecule has 1 atom stereocenters. The Bertz CT molecular complexity index is 844. The second kappa shape index (κ2) is 4.41. The fraction of sp³-hybridized carbons (Fsp3) is 0.286. The lowest BCUT2D eigenvalue weighted by molar-refractivity contribution is -0.140. The maximum Gasteiger partial charge on any atom is 0.308 e. The predicted octanol–water partition coefficient (Wildman–Crippen LogP) is 1.42. The topological polar surface area (TPSA) is 95.0 Å². The fourth-order valence-electron chi connectivity index (χ4n) is 2.97. The molecule has 1 aliphatic rings.